The molecule has 6 nitrogen and oxygen atoms in total. The van der Waals surface area contributed by atoms with E-state index >= 15 is 0 Å². The predicted octanol–water partition coefficient (Wildman–Crippen LogP) is 1.01. The Kier molecular flexibility index (Phi) is 4.38. The van der Waals surface area contributed by atoms with Gasteiger partial charge in [-0.25, -0.2) is 0 Å². The summed E-state index contributed by atoms with van der Waals surface area (Å²) in [6.45, 7) is 3.09. The summed E-state index contributed by atoms with van der Waals surface area (Å²) < 4.78 is 0. The minimum absolute atomic E-state index is 0.234. The number of carbonyl (C=O) groups excluding carboxylic acids is 1. The van der Waals surface area contributed by atoms with Gasteiger partial charge in [-0.2, -0.15) is 0 Å². The number of aliphatic hydroxyl groups is 1. The van der Waals surface area contributed by atoms with Gasteiger partial charge in [-0.15, -0.1) is 0 Å². The standard InChI is InChI=1S/C20H23N3O3/c24-18-7-3-6-17(21-18)19(25)23-11-9-20(26,14-23)13-22-10-8-15-4-1-2-5-16(15)12-22/h1-7,26H,8-14H2,(H,21,24)/t20-/m1/s1. The SMILES string of the molecule is O=C(c1cccc(=O)[nH]1)N1CC[C@@](O)(CN2CCc3ccccc3C2)C1. The topological polar surface area (TPSA) is 76.6 Å². The van der Waals surface area contributed by atoms with Gasteiger partial charge in [0.1, 0.15) is 5.69 Å². The third kappa shape index (κ3) is 3.43. The molecule has 0 aliphatic carbocycles. The van der Waals surface area contributed by atoms with Crippen molar-refractivity contribution in [2.75, 3.05) is 26.2 Å². The fourth-order valence-corrected chi connectivity index (χ4v) is 4.01. The van der Waals surface area contributed by atoms with Crippen LogP contribution >= 0.6 is 0 Å². The number of β-amino-alcohol motifs (C(OH)–C–C–N with tert-alkyl or cyclic N) is 1. The van der Waals surface area contributed by atoms with Crippen LogP contribution in [0.2, 0.25) is 0 Å². The van der Waals surface area contributed by atoms with Gasteiger partial charge in [0, 0.05) is 32.2 Å². The highest BCUT2D eigenvalue weighted by atomic mass is 16.3. The quantitative estimate of drug-likeness (QED) is 0.863. The average Bonchev–Trinajstić information content (AvgIpc) is 3.03. The monoisotopic (exact) mass is 353 g/mol. The molecule has 6 heteroatoms. The number of nitrogens with one attached hydrogen (secondary N) is 1. The summed E-state index contributed by atoms with van der Waals surface area (Å²) in [5.74, 6) is -0.234. The second-order valence-corrected chi connectivity index (χ2v) is 7.36. The predicted molar refractivity (Wildman–Crippen MR) is 98.0 cm³/mol. The zero-order valence-electron chi connectivity index (χ0n) is 14.6. The molecule has 2 aromatic rings. The first-order valence-electron chi connectivity index (χ1n) is 9.03. The van der Waals surface area contributed by atoms with E-state index in [-0.39, 0.29) is 17.2 Å². The molecular formula is C20H23N3O3. The number of hydrogen-bond acceptors (Lipinski definition) is 4. The van der Waals surface area contributed by atoms with E-state index < -0.39 is 5.60 Å². The number of nitrogens with zero attached hydrogens (tertiary/aromatic N) is 2. The van der Waals surface area contributed by atoms with Crippen molar-refractivity contribution >= 4 is 5.91 Å². The summed E-state index contributed by atoms with van der Waals surface area (Å²) in [6, 6.07) is 13.0. The Morgan fingerprint density at radius 1 is 1.12 bits per heavy atom. The highest BCUT2D eigenvalue weighted by Crippen LogP contribution is 2.26. The number of rotatable bonds is 3. The molecule has 0 saturated carbocycles. The maximum absolute atomic E-state index is 12.6. The molecule has 3 heterocycles. The zero-order chi connectivity index (χ0) is 18.1. The molecule has 2 N–H and O–H groups in total. The van der Waals surface area contributed by atoms with Crippen LogP contribution in [0, 0.1) is 0 Å². The van der Waals surface area contributed by atoms with E-state index in [1.54, 1.807) is 17.0 Å². The van der Waals surface area contributed by atoms with Crippen molar-refractivity contribution in [3.63, 3.8) is 0 Å². The van der Waals surface area contributed by atoms with E-state index in [1.807, 2.05) is 6.07 Å². The molecule has 0 spiro atoms. The molecule has 1 saturated heterocycles. The van der Waals surface area contributed by atoms with Crippen molar-refractivity contribution in [2.24, 2.45) is 0 Å². The Morgan fingerprint density at radius 3 is 2.73 bits per heavy atom. The number of aromatic amines is 1. The summed E-state index contributed by atoms with van der Waals surface area (Å²) in [6.07, 6.45) is 1.54. The minimum Gasteiger partial charge on any atom is -0.387 e. The molecule has 1 aromatic heterocycles. The van der Waals surface area contributed by atoms with Gasteiger partial charge in [0.15, 0.2) is 0 Å². The van der Waals surface area contributed by atoms with Crippen molar-refractivity contribution in [2.45, 2.75) is 25.0 Å². The van der Waals surface area contributed by atoms with E-state index in [0.29, 0.717) is 26.1 Å². The number of likely N-dealkylation sites (tertiary alicyclic amines) is 1. The van der Waals surface area contributed by atoms with Gasteiger partial charge in [0.05, 0.1) is 12.1 Å². The van der Waals surface area contributed by atoms with E-state index in [4.69, 9.17) is 0 Å². The molecule has 4 rings (SSSR count). The van der Waals surface area contributed by atoms with Crippen molar-refractivity contribution in [1.82, 2.24) is 14.8 Å². The lowest BCUT2D eigenvalue weighted by Crippen LogP contribution is -2.47. The Morgan fingerprint density at radius 2 is 1.92 bits per heavy atom. The smallest absolute Gasteiger partial charge is 0.270 e. The van der Waals surface area contributed by atoms with Crippen LogP contribution in [-0.4, -0.2) is 57.6 Å². The second kappa shape index (κ2) is 6.70. The third-order valence-corrected chi connectivity index (χ3v) is 5.35. The first-order chi connectivity index (χ1) is 12.5. The highest BCUT2D eigenvalue weighted by Gasteiger charge is 2.40. The molecular weight excluding hydrogens is 330 g/mol. The minimum atomic E-state index is -0.906. The highest BCUT2D eigenvalue weighted by molar-refractivity contribution is 5.92. The van der Waals surface area contributed by atoms with Crippen molar-refractivity contribution < 1.29 is 9.90 Å². The Bertz CT molecular complexity index is 878. The van der Waals surface area contributed by atoms with E-state index in [2.05, 4.69) is 28.1 Å². The summed E-state index contributed by atoms with van der Waals surface area (Å²) in [5.41, 5.74) is 1.77. The second-order valence-electron chi connectivity index (χ2n) is 7.36. The summed E-state index contributed by atoms with van der Waals surface area (Å²) in [4.78, 5) is 30.4. The van der Waals surface area contributed by atoms with Crippen molar-refractivity contribution in [3.05, 3.63) is 69.6 Å². The maximum Gasteiger partial charge on any atom is 0.270 e. The number of benzene rings is 1. The fraction of sp³-hybridized carbons (Fsp3) is 0.400. The van der Waals surface area contributed by atoms with Crippen LogP contribution < -0.4 is 5.56 Å². The fourth-order valence-electron chi connectivity index (χ4n) is 4.01. The number of aromatic nitrogens is 1. The molecule has 1 atom stereocenters. The molecule has 1 amide bonds. The lowest BCUT2D eigenvalue weighted by molar-refractivity contribution is 0.00799. The van der Waals surface area contributed by atoms with Crippen LogP contribution in [0.1, 0.15) is 28.0 Å². The van der Waals surface area contributed by atoms with Gasteiger partial charge in [0.25, 0.3) is 5.91 Å². The van der Waals surface area contributed by atoms with E-state index in [0.717, 1.165) is 19.5 Å². The van der Waals surface area contributed by atoms with Crippen LogP contribution in [0.4, 0.5) is 0 Å². The zero-order valence-corrected chi connectivity index (χ0v) is 14.6. The van der Waals surface area contributed by atoms with Crippen LogP contribution in [0.3, 0.4) is 0 Å². The number of hydrogen-bond donors (Lipinski definition) is 2. The first kappa shape index (κ1) is 17.0. The largest absolute Gasteiger partial charge is 0.387 e. The molecule has 136 valence electrons. The van der Waals surface area contributed by atoms with Crippen LogP contribution in [-0.2, 0) is 13.0 Å². The number of carbonyl (C=O) groups is 1. The number of H-pyrrole nitrogens is 1. The number of fused-ring (bicyclic) bond motifs is 1. The third-order valence-electron chi connectivity index (χ3n) is 5.35. The van der Waals surface area contributed by atoms with Crippen LogP contribution in [0.15, 0.2) is 47.3 Å². The van der Waals surface area contributed by atoms with Crippen LogP contribution in [0.25, 0.3) is 0 Å². The number of amides is 1. The summed E-state index contributed by atoms with van der Waals surface area (Å²) >= 11 is 0. The lowest BCUT2D eigenvalue weighted by Gasteiger charge is -2.34. The molecule has 1 fully saturated rings. The molecule has 1 aromatic carbocycles. The van der Waals surface area contributed by atoms with Gasteiger partial charge < -0.3 is 15.0 Å². The van der Waals surface area contributed by atoms with Gasteiger partial charge in [-0.05, 0) is 30.0 Å². The Hall–Kier alpha value is -2.44. The maximum atomic E-state index is 12.6. The average molecular weight is 353 g/mol. The van der Waals surface area contributed by atoms with Crippen molar-refractivity contribution in [1.29, 1.82) is 0 Å². The van der Waals surface area contributed by atoms with E-state index in [9.17, 15) is 14.7 Å². The molecule has 2 aliphatic heterocycles. The molecule has 2 aliphatic rings. The summed E-state index contributed by atoms with van der Waals surface area (Å²) in [7, 11) is 0. The van der Waals surface area contributed by atoms with Crippen LogP contribution in [0.5, 0.6) is 0 Å². The lowest BCUT2D eigenvalue weighted by atomic mass is 9.97. The summed E-state index contributed by atoms with van der Waals surface area (Å²) in [5, 5.41) is 11.0. The Balaban J connectivity index is 1.41. The number of pyridine rings is 1. The molecule has 0 unspecified atom stereocenters. The van der Waals surface area contributed by atoms with Gasteiger partial charge in [-0.3, -0.25) is 14.5 Å². The molecule has 26 heavy (non-hydrogen) atoms. The van der Waals surface area contributed by atoms with Gasteiger partial charge in [0.2, 0.25) is 5.56 Å². The molecule has 0 bridgehead atoms. The first-order valence-corrected chi connectivity index (χ1v) is 9.03. The van der Waals surface area contributed by atoms with Gasteiger partial charge in [-0.1, -0.05) is 30.3 Å². The molecule has 0 radical (unpaired) electrons. The van der Waals surface area contributed by atoms with Crippen molar-refractivity contribution in [3.8, 4) is 0 Å². The van der Waals surface area contributed by atoms with Gasteiger partial charge >= 0.3 is 0 Å². The van der Waals surface area contributed by atoms with E-state index in [1.165, 1.54) is 17.2 Å². The Labute approximate surface area is 152 Å². The normalized spacial score (nSPS) is 23.0.